The van der Waals surface area contributed by atoms with Crippen LogP contribution >= 0.6 is 0 Å². The summed E-state index contributed by atoms with van der Waals surface area (Å²) in [5, 5.41) is 3.72. The van der Waals surface area contributed by atoms with Crippen LogP contribution in [0.2, 0.25) is 0 Å². The highest BCUT2D eigenvalue weighted by atomic mass is 14.9. The number of nitrogens with one attached hydrogen (secondary N) is 1. The molecule has 1 nitrogen and oxygen atoms in total. The van der Waals surface area contributed by atoms with Crippen LogP contribution in [0.25, 0.3) is 0 Å². The van der Waals surface area contributed by atoms with Gasteiger partial charge < -0.3 is 5.32 Å². The largest absolute Gasteiger partial charge is 0.309 e. The predicted molar refractivity (Wildman–Crippen MR) is 98.8 cm³/mol. The molecule has 0 radical (unpaired) electrons. The topological polar surface area (TPSA) is 12.0 Å². The fraction of sp³-hybridized carbons (Fsp3) is 0.455. The molecule has 0 saturated carbocycles. The molecule has 0 aromatic heterocycles. The Bertz CT molecular complexity index is 575. The third-order valence-corrected chi connectivity index (χ3v) is 4.99. The number of hydrogen-bond donors (Lipinski definition) is 1. The molecule has 1 N–H and O–H groups in total. The second-order valence-corrected chi connectivity index (χ2v) is 6.88. The van der Waals surface area contributed by atoms with Gasteiger partial charge in [-0.1, -0.05) is 74.7 Å². The van der Waals surface area contributed by atoms with Gasteiger partial charge in [0.1, 0.15) is 0 Å². The highest BCUT2D eigenvalue weighted by molar-refractivity contribution is 5.33. The molecule has 2 aromatic rings. The summed E-state index contributed by atoms with van der Waals surface area (Å²) < 4.78 is 0. The second-order valence-electron chi connectivity index (χ2n) is 6.88. The molecule has 23 heavy (non-hydrogen) atoms. The van der Waals surface area contributed by atoms with Crippen molar-refractivity contribution >= 4 is 0 Å². The minimum absolute atomic E-state index is 0.598. The molecule has 3 rings (SSSR count). The molecule has 1 heteroatoms. The molecule has 0 bridgehead atoms. The van der Waals surface area contributed by atoms with Crippen molar-refractivity contribution in [1.82, 2.24) is 5.32 Å². The maximum Gasteiger partial charge on any atom is 0.0208 e. The average molecular weight is 307 g/mol. The zero-order valence-corrected chi connectivity index (χ0v) is 14.4. The van der Waals surface area contributed by atoms with Gasteiger partial charge in [0.25, 0.3) is 0 Å². The minimum Gasteiger partial charge on any atom is -0.309 e. The zero-order valence-electron chi connectivity index (χ0n) is 14.4. The summed E-state index contributed by atoms with van der Waals surface area (Å²) in [7, 11) is 0. The molecule has 0 amide bonds. The van der Waals surface area contributed by atoms with E-state index in [0.29, 0.717) is 6.04 Å². The van der Waals surface area contributed by atoms with E-state index in [1.807, 2.05) is 0 Å². The summed E-state index contributed by atoms with van der Waals surface area (Å²) >= 11 is 0. The number of aryl methyl sites for hydroxylation is 1. The molecule has 0 saturated heterocycles. The Kier molecular flexibility index (Phi) is 5.87. The molecule has 0 atom stereocenters. The minimum atomic E-state index is 0.598. The summed E-state index contributed by atoms with van der Waals surface area (Å²) in [6, 6.07) is 18.7. The van der Waals surface area contributed by atoms with Crippen molar-refractivity contribution in [2.75, 3.05) is 0 Å². The van der Waals surface area contributed by atoms with Crippen LogP contribution in [0.4, 0.5) is 0 Å². The van der Waals surface area contributed by atoms with E-state index in [1.54, 1.807) is 0 Å². The first-order chi connectivity index (χ1) is 11.3. The van der Waals surface area contributed by atoms with Crippen LogP contribution in [0.15, 0.2) is 48.5 Å². The van der Waals surface area contributed by atoms with E-state index >= 15 is 0 Å². The van der Waals surface area contributed by atoms with Gasteiger partial charge >= 0.3 is 0 Å². The second kappa shape index (κ2) is 8.31. The van der Waals surface area contributed by atoms with Crippen LogP contribution in [0.3, 0.4) is 0 Å². The van der Waals surface area contributed by atoms with Crippen molar-refractivity contribution in [3.05, 3.63) is 70.8 Å². The van der Waals surface area contributed by atoms with Crippen molar-refractivity contribution in [3.63, 3.8) is 0 Å². The van der Waals surface area contributed by atoms with Gasteiger partial charge in [-0.2, -0.15) is 0 Å². The van der Waals surface area contributed by atoms with Gasteiger partial charge in [0.2, 0.25) is 0 Å². The summed E-state index contributed by atoms with van der Waals surface area (Å²) in [6.07, 6.45) is 8.94. The molecule has 0 aliphatic heterocycles. The lowest BCUT2D eigenvalue weighted by Gasteiger charge is -2.12. The van der Waals surface area contributed by atoms with E-state index in [9.17, 15) is 0 Å². The van der Waals surface area contributed by atoms with Crippen molar-refractivity contribution in [1.29, 1.82) is 0 Å². The lowest BCUT2D eigenvalue weighted by Crippen LogP contribution is -2.28. The molecule has 2 aromatic carbocycles. The van der Waals surface area contributed by atoms with Gasteiger partial charge in [0, 0.05) is 12.6 Å². The maximum absolute atomic E-state index is 3.72. The SMILES string of the molecule is CCCCCCc1ccc(CNC2Cc3ccccc3C2)cc1. The molecular weight excluding hydrogens is 278 g/mol. The average Bonchev–Trinajstić information content (AvgIpc) is 3.01. The van der Waals surface area contributed by atoms with Crippen molar-refractivity contribution in [3.8, 4) is 0 Å². The summed E-state index contributed by atoms with van der Waals surface area (Å²) in [6.45, 7) is 3.25. The van der Waals surface area contributed by atoms with Crippen LogP contribution in [0, 0.1) is 0 Å². The first-order valence-electron chi connectivity index (χ1n) is 9.23. The summed E-state index contributed by atoms with van der Waals surface area (Å²) in [5.74, 6) is 0. The third-order valence-electron chi connectivity index (χ3n) is 4.99. The number of hydrogen-bond acceptors (Lipinski definition) is 1. The molecule has 0 heterocycles. The van der Waals surface area contributed by atoms with Gasteiger partial charge in [-0.05, 0) is 47.9 Å². The molecule has 0 unspecified atom stereocenters. The van der Waals surface area contributed by atoms with E-state index in [2.05, 4.69) is 60.8 Å². The van der Waals surface area contributed by atoms with Crippen LogP contribution in [0.1, 0.15) is 54.9 Å². The zero-order chi connectivity index (χ0) is 15.9. The van der Waals surface area contributed by atoms with E-state index < -0.39 is 0 Å². The highest BCUT2D eigenvalue weighted by Gasteiger charge is 2.19. The smallest absolute Gasteiger partial charge is 0.0208 e. The lowest BCUT2D eigenvalue weighted by molar-refractivity contribution is 0.533. The summed E-state index contributed by atoms with van der Waals surface area (Å²) in [5.41, 5.74) is 5.93. The first-order valence-corrected chi connectivity index (χ1v) is 9.23. The molecule has 122 valence electrons. The van der Waals surface area contributed by atoms with E-state index in [1.165, 1.54) is 67.2 Å². The van der Waals surface area contributed by atoms with Crippen molar-refractivity contribution in [2.45, 2.75) is 64.5 Å². The Morgan fingerprint density at radius 3 is 2.13 bits per heavy atom. The Morgan fingerprint density at radius 2 is 1.48 bits per heavy atom. The van der Waals surface area contributed by atoms with Crippen molar-refractivity contribution in [2.24, 2.45) is 0 Å². The van der Waals surface area contributed by atoms with Crippen molar-refractivity contribution < 1.29 is 0 Å². The van der Waals surface area contributed by atoms with Gasteiger partial charge in [-0.15, -0.1) is 0 Å². The number of fused-ring (bicyclic) bond motifs is 1. The maximum atomic E-state index is 3.72. The standard InChI is InChI=1S/C22H29N/c1-2-3-4-5-8-18-11-13-19(14-12-18)17-23-22-15-20-9-6-7-10-21(20)16-22/h6-7,9-14,22-23H,2-5,8,15-17H2,1H3. The quantitative estimate of drug-likeness (QED) is 0.672. The Hall–Kier alpha value is -1.60. The Morgan fingerprint density at radius 1 is 0.826 bits per heavy atom. The Labute approximate surface area is 141 Å². The number of rotatable bonds is 8. The van der Waals surface area contributed by atoms with Gasteiger partial charge in [0.05, 0.1) is 0 Å². The monoisotopic (exact) mass is 307 g/mol. The van der Waals surface area contributed by atoms with Crippen LogP contribution in [-0.4, -0.2) is 6.04 Å². The molecule has 1 aliphatic carbocycles. The molecule has 0 fully saturated rings. The fourth-order valence-electron chi connectivity index (χ4n) is 3.55. The highest BCUT2D eigenvalue weighted by Crippen LogP contribution is 2.22. The number of unbranched alkanes of at least 4 members (excludes halogenated alkanes) is 3. The predicted octanol–water partition coefficient (Wildman–Crippen LogP) is 5.07. The summed E-state index contributed by atoms with van der Waals surface area (Å²) in [4.78, 5) is 0. The molecular formula is C22H29N. The fourth-order valence-corrected chi connectivity index (χ4v) is 3.55. The van der Waals surface area contributed by atoms with Gasteiger partial charge in [-0.25, -0.2) is 0 Å². The third kappa shape index (κ3) is 4.68. The molecule has 0 spiro atoms. The lowest BCUT2D eigenvalue weighted by atomic mass is 10.0. The van der Waals surface area contributed by atoms with E-state index in [-0.39, 0.29) is 0 Å². The van der Waals surface area contributed by atoms with Crippen LogP contribution in [0.5, 0.6) is 0 Å². The molecule has 1 aliphatic rings. The van der Waals surface area contributed by atoms with Gasteiger partial charge in [0.15, 0.2) is 0 Å². The van der Waals surface area contributed by atoms with E-state index in [4.69, 9.17) is 0 Å². The van der Waals surface area contributed by atoms with Crippen LogP contribution in [-0.2, 0) is 25.8 Å². The normalized spacial score (nSPS) is 14.1. The van der Waals surface area contributed by atoms with Crippen LogP contribution < -0.4 is 5.32 Å². The van der Waals surface area contributed by atoms with E-state index in [0.717, 1.165) is 6.54 Å². The Balaban J connectivity index is 1.43. The number of benzene rings is 2. The van der Waals surface area contributed by atoms with Gasteiger partial charge in [-0.3, -0.25) is 0 Å². The first kappa shape index (κ1) is 16.3.